The highest BCUT2D eigenvalue weighted by Crippen LogP contribution is 2.17. The molecule has 0 unspecified atom stereocenters. The Morgan fingerprint density at radius 1 is 1.18 bits per heavy atom. The van der Waals surface area contributed by atoms with E-state index in [1.165, 1.54) is 23.1 Å². The molecule has 1 aliphatic heterocycles. The molecule has 4 rings (SSSR count). The van der Waals surface area contributed by atoms with Gasteiger partial charge in [-0.3, -0.25) is 14.5 Å². The summed E-state index contributed by atoms with van der Waals surface area (Å²) < 4.78 is 14.0. The molecule has 28 heavy (non-hydrogen) atoms. The van der Waals surface area contributed by atoms with Crippen molar-refractivity contribution in [2.45, 2.75) is 6.92 Å². The molecule has 0 spiro atoms. The summed E-state index contributed by atoms with van der Waals surface area (Å²) in [7, 11) is 0. The van der Waals surface area contributed by atoms with Gasteiger partial charge in [-0.15, -0.1) is 0 Å². The lowest BCUT2D eigenvalue weighted by atomic mass is 10.2. The van der Waals surface area contributed by atoms with E-state index in [0.717, 1.165) is 11.2 Å². The molecule has 1 aromatic carbocycles. The number of carbonyl (C=O) groups excluding carboxylic acids is 2. The third-order valence-electron chi connectivity index (χ3n) is 4.35. The van der Waals surface area contributed by atoms with Gasteiger partial charge in [-0.1, -0.05) is 30.3 Å². The van der Waals surface area contributed by atoms with Crippen LogP contribution in [0.2, 0.25) is 0 Å². The highest BCUT2D eigenvalue weighted by molar-refractivity contribution is 5.99. The first-order valence-corrected chi connectivity index (χ1v) is 8.85. The van der Waals surface area contributed by atoms with Crippen LogP contribution in [0.25, 0.3) is 5.65 Å². The molecule has 2 amide bonds. The van der Waals surface area contributed by atoms with Crippen molar-refractivity contribution in [1.82, 2.24) is 14.3 Å². The van der Waals surface area contributed by atoms with Gasteiger partial charge in [0.15, 0.2) is 5.82 Å². The fraction of sp³-hybridized carbons (Fsp3) is 0.190. The lowest BCUT2D eigenvalue weighted by Crippen LogP contribution is -2.52. The number of piperazine rings is 1. The van der Waals surface area contributed by atoms with Crippen LogP contribution in [0.5, 0.6) is 0 Å². The molecule has 0 aliphatic carbocycles. The van der Waals surface area contributed by atoms with Crippen LogP contribution >= 0.6 is 0 Å². The second-order valence-corrected chi connectivity index (χ2v) is 6.37. The van der Waals surface area contributed by atoms with Crippen LogP contribution in [0.4, 0.5) is 10.2 Å². The number of fused-ring (bicyclic) bond motifs is 1. The van der Waals surface area contributed by atoms with E-state index in [1.807, 2.05) is 41.9 Å². The number of anilines is 1. The van der Waals surface area contributed by atoms with Gasteiger partial charge in [0.05, 0.1) is 6.20 Å². The molecular weight excluding hydrogens is 359 g/mol. The number of aromatic nitrogens is 2. The second kappa shape index (κ2) is 8.47. The lowest BCUT2D eigenvalue weighted by Gasteiger charge is -2.32. The van der Waals surface area contributed by atoms with E-state index in [9.17, 15) is 14.0 Å². The van der Waals surface area contributed by atoms with Gasteiger partial charge >= 0.3 is 0 Å². The standard InChI is InChI=1S/C14H14N4O2.C7H7F/c1-2-13(19)17-7-8-18(14(20)10-17)12-9-16-6-4-3-5-11(16)15-12;1-6-2-4-7(8)5-3-6/h2-6,9H,1,7-8,10H2;2-5H,1H3. The third kappa shape index (κ3) is 4.43. The van der Waals surface area contributed by atoms with Crippen molar-refractivity contribution in [3.8, 4) is 0 Å². The molecule has 144 valence electrons. The molecule has 3 aromatic rings. The van der Waals surface area contributed by atoms with Crippen molar-refractivity contribution in [3.05, 3.63) is 78.9 Å². The number of halogens is 1. The Hall–Kier alpha value is -3.48. The largest absolute Gasteiger partial charge is 0.328 e. The van der Waals surface area contributed by atoms with Crippen molar-refractivity contribution in [1.29, 1.82) is 0 Å². The van der Waals surface area contributed by atoms with Crippen LogP contribution in [-0.2, 0) is 9.59 Å². The van der Waals surface area contributed by atoms with Crippen LogP contribution in [0.15, 0.2) is 67.5 Å². The van der Waals surface area contributed by atoms with Crippen LogP contribution in [-0.4, -0.2) is 45.7 Å². The van der Waals surface area contributed by atoms with Crippen LogP contribution in [0.3, 0.4) is 0 Å². The van der Waals surface area contributed by atoms with E-state index in [-0.39, 0.29) is 24.2 Å². The molecule has 0 saturated carbocycles. The fourth-order valence-electron chi connectivity index (χ4n) is 2.82. The molecule has 1 saturated heterocycles. The Morgan fingerprint density at radius 3 is 2.54 bits per heavy atom. The Bertz CT molecular complexity index is 943. The number of imidazole rings is 1. The maximum absolute atomic E-state index is 12.2. The molecule has 3 heterocycles. The minimum atomic E-state index is -0.215. The maximum atomic E-state index is 12.2. The van der Waals surface area contributed by atoms with Gasteiger partial charge in [0.25, 0.3) is 0 Å². The van der Waals surface area contributed by atoms with Crippen LogP contribution < -0.4 is 4.90 Å². The molecule has 0 radical (unpaired) electrons. The molecule has 1 fully saturated rings. The number of pyridine rings is 1. The normalized spacial score (nSPS) is 13.9. The van der Waals surface area contributed by atoms with Crippen molar-refractivity contribution in [2.75, 3.05) is 24.5 Å². The zero-order chi connectivity index (χ0) is 20.1. The summed E-state index contributed by atoms with van der Waals surface area (Å²) in [6.45, 7) is 6.37. The number of aryl methyl sites for hydroxylation is 1. The predicted molar refractivity (Wildman–Crippen MR) is 105 cm³/mol. The quantitative estimate of drug-likeness (QED) is 0.643. The van der Waals surface area contributed by atoms with Gasteiger partial charge < -0.3 is 9.30 Å². The lowest BCUT2D eigenvalue weighted by molar-refractivity contribution is -0.133. The number of hydrogen-bond donors (Lipinski definition) is 0. The number of hydrogen-bond acceptors (Lipinski definition) is 3. The van der Waals surface area contributed by atoms with Crippen molar-refractivity contribution in [2.24, 2.45) is 0 Å². The smallest absolute Gasteiger partial charge is 0.247 e. The zero-order valence-electron chi connectivity index (χ0n) is 15.6. The average molecular weight is 380 g/mol. The molecule has 2 aromatic heterocycles. The molecule has 7 heteroatoms. The Labute approximate surface area is 162 Å². The molecule has 0 N–H and O–H groups in total. The first-order valence-electron chi connectivity index (χ1n) is 8.85. The van der Waals surface area contributed by atoms with Gasteiger partial charge in [0.2, 0.25) is 11.8 Å². The molecule has 6 nitrogen and oxygen atoms in total. The first-order chi connectivity index (χ1) is 13.5. The van der Waals surface area contributed by atoms with Crippen LogP contribution in [0.1, 0.15) is 5.56 Å². The number of carbonyl (C=O) groups is 2. The number of nitrogens with zero attached hydrogens (tertiary/aromatic N) is 4. The Kier molecular flexibility index (Phi) is 5.84. The number of rotatable bonds is 2. The van der Waals surface area contributed by atoms with Gasteiger partial charge in [-0.2, -0.15) is 0 Å². The predicted octanol–water partition coefficient (Wildman–Crippen LogP) is 2.83. The van der Waals surface area contributed by atoms with Crippen molar-refractivity contribution < 1.29 is 14.0 Å². The summed E-state index contributed by atoms with van der Waals surface area (Å²) in [6.07, 6.45) is 4.93. The number of amides is 2. The summed E-state index contributed by atoms with van der Waals surface area (Å²) in [5, 5.41) is 0. The highest BCUT2D eigenvalue weighted by atomic mass is 19.1. The molecular formula is C21H21FN4O2. The van der Waals surface area contributed by atoms with E-state index in [0.29, 0.717) is 18.9 Å². The summed E-state index contributed by atoms with van der Waals surface area (Å²) in [5.74, 6) is 0.102. The van der Waals surface area contributed by atoms with E-state index in [2.05, 4.69) is 11.6 Å². The van der Waals surface area contributed by atoms with Crippen LogP contribution in [0, 0.1) is 12.7 Å². The monoisotopic (exact) mass is 380 g/mol. The minimum Gasteiger partial charge on any atom is -0.328 e. The topological polar surface area (TPSA) is 57.9 Å². The van der Waals surface area contributed by atoms with Crippen molar-refractivity contribution in [3.63, 3.8) is 0 Å². The van der Waals surface area contributed by atoms with Crippen molar-refractivity contribution >= 4 is 23.3 Å². The van der Waals surface area contributed by atoms with Gasteiger partial charge in [-0.25, -0.2) is 9.37 Å². The molecule has 0 atom stereocenters. The minimum absolute atomic E-state index is 0.0682. The summed E-state index contributed by atoms with van der Waals surface area (Å²) >= 11 is 0. The molecule has 1 aliphatic rings. The molecule has 0 bridgehead atoms. The second-order valence-electron chi connectivity index (χ2n) is 6.37. The summed E-state index contributed by atoms with van der Waals surface area (Å²) in [4.78, 5) is 31.2. The summed E-state index contributed by atoms with van der Waals surface area (Å²) in [6, 6.07) is 12.1. The van der Waals surface area contributed by atoms with E-state index >= 15 is 0 Å². The number of benzene rings is 1. The highest BCUT2D eigenvalue weighted by Gasteiger charge is 2.28. The summed E-state index contributed by atoms with van der Waals surface area (Å²) in [5.41, 5.74) is 1.88. The van der Waals surface area contributed by atoms with E-state index < -0.39 is 0 Å². The first kappa shape index (κ1) is 19.3. The van der Waals surface area contributed by atoms with E-state index in [1.54, 1.807) is 17.0 Å². The SMILES string of the molecule is C=CC(=O)N1CCN(c2cn3ccccc3n2)C(=O)C1.Cc1ccc(F)cc1. The van der Waals surface area contributed by atoms with Gasteiger partial charge in [0, 0.05) is 19.3 Å². The Balaban J connectivity index is 0.000000236. The van der Waals surface area contributed by atoms with Gasteiger partial charge in [-0.05, 0) is 37.3 Å². The Morgan fingerprint density at radius 2 is 1.93 bits per heavy atom. The maximum Gasteiger partial charge on any atom is 0.247 e. The van der Waals surface area contributed by atoms with E-state index in [4.69, 9.17) is 0 Å². The fourth-order valence-corrected chi connectivity index (χ4v) is 2.82. The zero-order valence-corrected chi connectivity index (χ0v) is 15.6. The average Bonchev–Trinajstić information content (AvgIpc) is 3.14. The van der Waals surface area contributed by atoms with Gasteiger partial charge in [0.1, 0.15) is 18.0 Å². The third-order valence-corrected chi connectivity index (χ3v) is 4.35.